The number of nitrogens with two attached hydrogens (primary N) is 1. The van der Waals surface area contributed by atoms with Crippen LogP contribution in [0.15, 0.2) is 35.1 Å². The first kappa shape index (κ1) is 14.2. The zero-order valence-corrected chi connectivity index (χ0v) is 12.2. The third-order valence-corrected chi connectivity index (χ3v) is 3.92. The second-order valence-electron chi connectivity index (χ2n) is 4.20. The molecule has 1 aromatic heterocycles. The molecule has 0 aliphatic rings. The van der Waals surface area contributed by atoms with E-state index in [1.165, 1.54) is 6.07 Å². The summed E-state index contributed by atoms with van der Waals surface area (Å²) in [6, 6.07) is 4.73. The zero-order chi connectivity index (χ0) is 13.8. The maximum Gasteiger partial charge on any atom is 0.137 e. The summed E-state index contributed by atoms with van der Waals surface area (Å²) in [5.74, 6) is 6.22. The molecule has 2 aromatic rings. The van der Waals surface area contributed by atoms with Crippen molar-refractivity contribution < 1.29 is 4.39 Å². The highest BCUT2D eigenvalue weighted by Gasteiger charge is 2.18. The fraction of sp³-hybridized carbons (Fsp3) is 0.308. The smallest absolute Gasteiger partial charge is 0.137 e. The van der Waals surface area contributed by atoms with E-state index in [9.17, 15) is 4.39 Å². The summed E-state index contributed by atoms with van der Waals surface area (Å²) in [7, 11) is 0. The largest absolute Gasteiger partial charge is 0.335 e. The van der Waals surface area contributed by atoms with Gasteiger partial charge in [0.25, 0.3) is 0 Å². The minimum atomic E-state index is -0.295. The summed E-state index contributed by atoms with van der Waals surface area (Å²) in [5, 5.41) is 0. The van der Waals surface area contributed by atoms with Gasteiger partial charge in [0.05, 0.1) is 10.5 Å². The van der Waals surface area contributed by atoms with Gasteiger partial charge in [-0.15, -0.1) is 0 Å². The number of aryl methyl sites for hydroxylation is 1. The predicted octanol–water partition coefficient (Wildman–Crippen LogP) is 2.55. The first-order valence-electron chi connectivity index (χ1n) is 6.07. The molecular weight excluding hydrogens is 311 g/mol. The Hall–Kier alpha value is -1.24. The Balaban J connectivity index is 2.28. The summed E-state index contributed by atoms with van der Waals surface area (Å²) in [5.41, 5.74) is 3.51. The molecule has 6 heteroatoms. The molecule has 0 aliphatic carbocycles. The number of benzene rings is 1. The molecule has 1 aromatic carbocycles. The highest BCUT2D eigenvalue weighted by Crippen LogP contribution is 2.27. The normalized spacial score (nSPS) is 12.6. The molecule has 0 saturated carbocycles. The monoisotopic (exact) mass is 326 g/mol. The molecule has 4 nitrogen and oxygen atoms in total. The Labute approximate surface area is 119 Å². The van der Waals surface area contributed by atoms with Gasteiger partial charge in [-0.2, -0.15) is 0 Å². The van der Waals surface area contributed by atoms with Crippen LogP contribution in [0.2, 0.25) is 0 Å². The molecule has 102 valence electrons. The summed E-state index contributed by atoms with van der Waals surface area (Å²) in [6.45, 7) is 2.89. The molecular formula is C13H16BrFN4. The Morgan fingerprint density at radius 3 is 3.00 bits per heavy atom. The van der Waals surface area contributed by atoms with Crippen LogP contribution in [0.25, 0.3) is 0 Å². The Morgan fingerprint density at radius 1 is 1.53 bits per heavy atom. The van der Waals surface area contributed by atoms with Crippen molar-refractivity contribution in [1.29, 1.82) is 0 Å². The lowest BCUT2D eigenvalue weighted by molar-refractivity contribution is 0.515. The van der Waals surface area contributed by atoms with Crippen molar-refractivity contribution in [2.45, 2.75) is 25.9 Å². The first-order chi connectivity index (χ1) is 9.17. The molecule has 1 unspecified atom stereocenters. The van der Waals surface area contributed by atoms with Gasteiger partial charge in [0.2, 0.25) is 0 Å². The van der Waals surface area contributed by atoms with Gasteiger partial charge in [0, 0.05) is 25.4 Å². The SMILES string of the molecule is CCn1ccnc1CC(NN)c1cccc(F)c1Br. The molecule has 0 bridgehead atoms. The van der Waals surface area contributed by atoms with E-state index < -0.39 is 0 Å². The standard InChI is InChI=1S/C13H16BrFN4/c1-2-19-7-6-17-12(19)8-11(18-16)9-4-3-5-10(15)13(9)14/h3-7,11,18H,2,8,16H2,1H3. The van der Waals surface area contributed by atoms with E-state index >= 15 is 0 Å². The van der Waals surface area contributed by atoms with Gasteiger partial charge in [-0.25, -0.2) is 9.37 Å². The van der Waals surface area contributed by atoms with Gasteiger partial charge in [0.15, 0.2) is 0 Å². The number of rotatable bonds is 5. The average Bonchev–Trinajstić information content (AvgIpc) is 2.87. The highest BCUT2D eigenvalue weighted by molar-refractivity contribution is 9.10. The van der Waals surface area contributed by atoms with E-state index in [1.54, 1.807) is 12.3 Å². The molecule has 2 rings (SSSR count). The second kappa shape index (κ2) is 6.27. The molecule has 0 saturated heterocycles. The van der Waals surface area contributed by atoms with E-state index in [0.29, 0.717) is 10.9 Å². The van der Waals surface area contributed by atoms with Crippen LogP contribution in [0.1, 0.15) is 24.4 Å². The summed E-state index contributed by atoms with van der Waals surface area (Å²) in [4.78, 5) is 4.31. The van der Waals surface area contributed by atoms with Crippen LogP contribution in [0, 0.1) is 5.82 Å². The molecule has 19 heavy (non-hydrogen) atoms. The third-order valence-electron chi connectivity index (χ3n) is 3.09. The summed E-state index contributed by atoms with van der Waals surface area (Å²) >= 11 is 3.26. The van der Waals surface area contributed by atoms with Gasteiger partial charge in [0.1, 0.15) is 11.6 Å². The number of nitrogens with zero attached hydrogens (tertiary/aromatic N) is 2. The van der Waals surface area contributed by atoms with Gasteiger partial charge in [-0.3, -0.25) is 11.3 Å². The predicted molar refractivity (Wildman–Crippen MR) is 75.8 cm³/mol. The molecule has 3 N–H and O–H groups in total. The lowest BCUT2D eigenvalue weighted by Crippen LogP contribution is -2.30. The maximum absolute atomic E-state index is 13.6. The first-order valence-corrected chi connectivity index (χ1v) is 6.86. The lowest BCUT2D eigenvalue weighted by Gasteiger charge is -2.18. The van der Waals surface area contributed by atoms with E-state index in [2.05, 4.69) is 26.3 Å². The third kappa shape index (κ3) is 3.02. The number of nitrogens with one attached hydrogen (secondary N) is 1. The maximum atomic E-state index is 13.6. The highest BCUT2D eigenvalue weighted by atomic mass is 79.9. The van der Waals surface area contributed by atoms with Crippen molar-refractivity contribution in [2.75, 3.05) is 0 Å². The molecule has 0 aliphatic heterocycles. The average molecular weight is 327 g/mol. The van der Waals surface area contributed by atoms with Gasteiger partial charge in [-0.05, 0) is 34.5 Å². The van der Waals surface area contributed by atoms with E-state index in [0.717, 1.165) is 17.9 Å². The second-order valence-corrected chi connectivity index (χ2v) is 4.99. The van der Waals surface area contributed by atoms with Crippen LogP contribution in [-0.2, 0) is 13.0 Å². The Kier molecular flexibility index (Phi) is 4.68. The number of imidazole rings is 1. The van der Waals surface area contributed by atoms with Crippen molar-refractivity contribution in [2.24, 2.45) is 5.84 Å². The van der Waals surface area contributed by atoms with Crippen molar-refractivity contribution in [3.05, 3.63) is 52.3 Å². The summed E-state index contributed by atoms with van der Waals surface area (Å²) < 4.78 is 16.0. The Morgan fingerprint density at radius 2 is 2.32 bits per heavy atom. The van der Waals surface area contributed by atoms with E-state index in [-0.39, 0.29) is 11.9 Å². The van der Waals surface area contributed by atoms with Crippen LogP contribution in [-0.4, -0.2) is 9.55 Å². The number of aromatic nitrogens is 2. The number of hydrogen-bond acceptors (Lipinski definition) is 3. The van der Waals surface area contributed by atoms with Crippen molar-refractivity contribution >= 4 is 15.9 Å². The van der Waals surface area contributed by atoms with E-state index in [1.807, 2.05) is 23.8 Å². The van der Waals surface area contributed by atoms with Crippen molar-refractivity contribution in [1.82, 2.24) is 15.0 Å². The zero-order valence-electron chi connectivity index (χ0n) is 10.6. The number of hydrogen-bond donors (Lipinski definition) is 2. The number of hydrazine groups is 1. The van der Waals surface area contributed by atoms with Crippen LogP contribution in [0.4, 0.5) is 4.39 Å². The van der Waals surface area contributed by atoms with Gasteiger partial charge < -0.3 is 4.57 Å². The van der Waals surface area contributed by atoms with Gasteiger partial charge in [-0.1, -0.05) is 12.1 Å². The fourth-order valence-corrected chi connectivity index (χ4v) is 2.59. The van der Waals surface area contributed by atoms with Crippen LogP contribution >= 0.6 is 15.9 Å². The van der Waals surface area contributed by atoms with Crippen LogP contribution in [0.5, 0.6) is 0 Å². The van der Waals surface area contributed by atoms with Gasteiger partial charge >= 0.3 is 0 Å². The van der Waals surface area contributed by atoms with Crippen molar-refractivity contribution in [3.8, 4) is 0 Å². The minimum Gasteiger partial charge on any atom is -0.335 e. The Bertz CT molecular complexity index is 555. The minimum absolute atomic E-state index is 0.197. The van der Waals surface area contributed by atoms with Crippen LogP contribution < -0.4 is 11.3 Å². The molecule has 1 heterocycles. The molecule has 0 spiro atoms. The quantitative estimate of drug-likeness (QED) is 0.655. The number of halogens is 2. The van der Waals surface area contributed by atoms with Crippen molar-refractivity contribution in [3.63, 3.8) is 0 Å². The molecule has 0 radical (unpaired) electrons. The van der Waals surface area contributed by atoms with E-state index in [4.69, 9.17) is 5.84 Å². The molecule has 1 atom stereocenters. The fourth-order valence-electron chi connectivity index (χ4n) is 2.05. The van der Waals surface area contributed by atoms with Crippen LogP contribution in [0.3, 0.4) is 0 Å². The molecule has 0 fully saturated rings. The summed E-state index contributed by atoms with van der Waals surface area (Å²) in [6.07, 6.45) is 4.27. The lowest BCUT2D eigenvalue weighted by atomic mass is 10.0. The molecule has 0 amide bonds. The topological polar surface area (TPSA) is 55.9 Å².